The zero-order valence-electron chi connectivity index (χ0n) is 13.2. The predicted octanol–water partition coefficient (Wildman–Crippen LogP) is 0.186. The Morgan fingerprint density at radius 2 is 2.12 bits per heavy atom. The summed E-state index contributed by atoms with van der Waals surface area (Å²) in [7, 11) is 0. The van der Waals surface area contributed by atoms with Gasteiger partial charge < -0.3 is 20.5 Å². The van der Waals surface area contributed by atoms with Crippen molar-refractivity contribution in [1.29, 1.82) is 0 Å². The molecule has 130 valence electrons. The van der Waals surface area contributed by atoms with Crippen LogP contribution in [0, 0.1) is 0 Å². The van der Waals surface area contributed by atoms with Crippen molar-refractivity contribution in [2.75, 3.05) is 19.7 Å². The molecule has 8 heteroatoms. The van der Waals surface area contributed by atoms with Crippen LogP contribution in [0.5, 0.6) is 0 Å². The minimum Gasteiger partial charge on any atom is -0.483 e. The second-order valence-electron chi connectivity index (χ2n) is 5.62. The fourth-order valence-electron chi connectivity index (χ4n) is 2.76. The third-order valence-electron chi connectivity index (χ3n) is 3.86. The highest BCUT2D eigenvalue weighted by Gasteiger charge is 2.31. The fourth-order valence-corrected chi connectivity index (χ4v) is 2.76. The first-order valence-corrected chi connectivity index (χ1v) is 7.70. The Morgan fingerprint density at radius 1 is 1.42 bits per heavy atom. The molecular formula is C16H21N3O5. The molecule has 2 aliphatic rings. The molecule has 0 aromatic heterocycles. The van der Waals surface area contributed by atoms with Gasteiger partial charge in [0.2, 0.25) is 5.91 Å². The Bertz CT molecular complexity index is 566. The lowest BCUT2D eigenvalue weighted by molar-refractivity contribution is -0.124. The Labute approximate surface area is 139 Å². The summed E-state index contributed by atoms with van der Waals surface area (Å²) in [6.45, 7) is 2.57. The van der Waals surface area contributed by atoms with E-state index in [-0.39, 0.29) is 25.0 Å². The Hall–Kier alpha value is -2.61. The highest BCUT2D eigenvalue weighted by molar-refractivity contribution is 5.88. The van der Waals surface area contributed by atoms with Gasteiger partial charge in [-0.1, -0.05) is 30.3 Å². The van der Waals surface area contributed by atoms with Gasteiger partial charge in [-0.2, -0.15) is 0 Å². The van der Waals surface area contributed by atoms with Crippen molar-refractivity contribution in [2.24, 2.45) is 0 Å². The number of likely N-dealkylation sites (tertiary alicyclic amines) is 1. The maximum absolute atomic E-state index is 12.0. The number of nitrogens with zero attached hydrogens (tertiary/aromatic N) is 1. The summed E-state index contributed by atoms with van der Waals surface area (Å²) in [6.07, 6.45) is 0.410. The van der Waals surface area contributed by atoms with Crippen LogP contribution in [0.15, 0.2) is 30.3 Å². The predicted molar refractivity (Wildman–Crippen MR) is 85.2 cm³/mol. The number of hydrogen-bond acceptors (Lipinski definition) is 5. The van der Waals surface area contributed by atoms with E-state index in [1.54, 1.807) is 0 Å². The molecule has 3 N–H and O–H groups in total. The van der Waals surface area contributed by atoms with Gasteiger partial charge in [-0.15, -0.1) is 0 Å². The van der Waals surface area contributed by atoms with Gasteiger partial charge in [-0.25, -0.2) is 4.79 Å². The van der Waals surface area contributed by atoms with Crippen LogP contribution in [-0.2, 0) is 20.9 Å². The van der Waals surface area contributed by atoms with Gasteiger partial charge in [-0.05, 0) is 12.0 Å². The summed E-state index contributed by atoms with van der Waals surface area (Å²) >= 11 is 0. The average molecular weight is 335 g/mol. The normalized spacial score (nSPS) is 22.8. The summed E-state index contributed by atoms with van der Waals surface area (Å²) in [6, 6.07) is 9.88. The van der Waals surface area contributed by atoms with Crippen LogP contribution in [0.1, 0.15) is 12.0 Å². The van der Waals surface area contributed by atoms with E-state index in [1.165, 1.54) is 5.56 Å². The smallest absolute Gasteiger partial charge is 0.407 e. The number of cyclic esters (lactones) is 1. The van der Waals surface area contributed by atoms with E-state index in [9.17, 15) is 9.59 Å². The first-order valence-electron chi connectivity index (χ1n) is 7.70. The summed E-state index contributed by atoms with van der Waals surface area (Å²) in [4.78, 5) is 33.6. The molecule has 0 unspecified atom stereocenters. The molecule has 24 heavy (non-hydrogen) atoms. The van der Waals surface area contributed by atoms with Gasteiger partial charge in [0.05, 0.1) is 0 Å². The van der Waals surface area contributed by atoms with Gasteiger partial charge in [0, 0.05) is 25.7 Å². The monoisotopic (exact) mass is 335 g/mol. The molecule has 0 radical (unpaired) electrons. The lowest BCUT2D eigenvalue weighted by atomic mass is 10.2. The van der Waals surface area contributed by atoms with Crippen LogP contribution in [0.4, 0.5) is 4.79 Å². The van der Waals surface area contributed by atoms with Crippen molar-refractivity contribution in [3.05, 3.63) is 35.9 Å². The minimum absolute atomic E-state index is 0.116. The largest absolute Gasteiger partial charge is 0.483 e. The van der Waals surface area contributed by atoms with Crippen molar-refractivity contribution in [3.63, 3.8) is 0 Å². The Morgan fingerprint density at radius 3 is 2.75 bits per heavy atom. The van der Waals surface area contributed by atoms with E-state index in [4.69, 9.17) is 14.6 Å². The number of amides is 2. The lowest BCUT2D eigenvalue weighted by Gasteiger charge is -2.17. The molecular weight excluding hydrogens is 314 g/mol. The number of benzene rings is 1. The van der Waals surface area contributed by atoms with Gasteiger partial charge in [-0.3, -0.25) is 14.5 Å². The molecule has 3 rings (SSSR count). The zero-order valence-corrected chi connectivity index (χ0v) is 13.2. The van der Waals surface area contributed by atoms with Crippen LogP contribution in [0.25, 0.3) is 0 Å². The number of nitrogens with one attached hydrogen (secondary N) is 2. The quantitative estimate of drug-likeness (QED) is 0.678. The summed E-state index contributed by atoms with van der Waals surface area (Å²) in [5.74, 6) is -0.160. The second kappa shape index (κ2) is 8.88. The van der Waals surface area contributed by atoms with E-state index in [0.29, 0.717) is 0 Å². The highest BCUT2D eigenvalue weighted by atomic mass is 16.6. The SMILES string of the molecule is O=C1N[C@H](C(=O)N[C@H]2CCN(Cc3ccccc3)C2)CO1.O=CO. The number of hydrogen-bond donors (Lipinski definition) is 3. The average Bonchev–Trinajstić information content (AvgIpc) is 3.18. The first kappa shape index (κ1) is 17.7. The molecule has 0 spiro atoms. The summed E-state index contributed by atoms with van der Waals surface area (Å²) in [5.41, 5.74) is 1.28. The molecule has 2 amide bonds. The summed E-state index contributed by atoms with van der Waals surface area (Å²) < 4.78 is 4.73. The van der Waals surface area contributed by atoms with E-state index in [2.05, 4.69) is 27.7 Å². The van der Waals surface area contributed by atoms with Crippen molar-refractivity contribution >= 4 is 18.5 Å². The summed E-state index contributed by atoms with van der Waals surface area (Å²) in [5, 5.41) is 12.4. The Kier molecular flexibility index (Phi) is 6.56. The molecule has 1 aromatic rings. The fraction of sp³-hybridized carbons (Fsp3) is 0.438. The van der Waals surface area contributed by atoms with Crippen LogP contribution in [-0.4, -0.2) is 60.3 Å². The number of rotatable bonds is 4. The van der Waals surface area contributed by atoms with E-state index in [0.717, 1.165) is 26.1 Å². The molecule has 8 nitrogen and oxygen atoms in total. The molecule has 0 saturated carbocycles. The number of carboxylic acid groups (broad SMARTS) is 1. The van der Waals surface area contributed by atoms with Gasteiger partial charge in [0.25, 0.3) is 6.47 Å². The van der Waals surface area contributed by atoms with Crippen LogP contribution >= 0.6 is 0 Å². The standard InChI is InChI=1S/C15H19N3O3.CH2O2/c19-14(13-10-21-15(20)17-13)16-12-6-7-18(9-12)8-11-4-2-1-3-5-11;2-1-3/h1-5,12-13H,6-10H2,(H,16,19)(H,17,20);1H,(H,2,3)/t12-,13-;/m0./s1. The van der Waals surface area contributed by atoms with E-state index < -0.39 is 12.1 Å². The third-order valence-corrected chi connectivity index (χ3v) is 3.86. The van der Waals surface area contributed by atoms with Gasteiger partial charge in [0.15, 0.2) is 0 Å². The molecule has 2 fully saturated rings. The maximum atomic E-state index is 12.0. The van der Waals surface area contributed by atoms with Crippen LogP contribution in [0.2, 0.25) is 0 Å². The topological polar surface area (TPSA) is 108 Å². The number of carbonyl (C=O) groups is 3. The van der Waals surface area contributed by atoms with Gasteiger partial charge >= 0.3 is 6.09 Å². The lowest BCUT2D eigenvalue weighted by Crippen LogP contribution is -2.47. The molecule has 2 atom stereocenters. The number of alkyl carbamates (subject to hydrolysis) is 1. The van der Waals surface area contributed by atoms with E-state index in [1.807, 2.05) is 18.2 Å². The van der Waals surface area contributed by atoms with Crippen LogP contribution in [0.3, 0.4) is 0 Å². The molecule has 2 saturated heterocycles. The maximum Gasteiger partial charge on any atom is 0.407 e. The second-order valence-corrected chi connectivity index (χ2v) is 5.62. The van der Waals surface area contributed by atoms with Crippen LogP contribution < -0.4 is 10.6 Å². The van der Waals surface area contributed by atoms with Crippen molar-refractivity contribution in [3.8, 4) is 0 Å². The number of carbonyl (C=O) groups excluding carboxylic acids is 2. The number of ether oxygens (including phenoxy) is 1. The third kappa shape index (κ3) is 5.24. The molecule has 0 bridgehead atoms. The van der Waals surface area contributed by atoms with Crippen molar-refractivity contribution in [1.82, 2.24) is 15.5 Å². The van der Waals surface area contributed by atoms with E-state index >= 15 is 0 Å². The van der Waals surface area contributed by atoms with Crippen molar-refractivity contribution in [2.45, 2.75) is 25.0 Å². The molecule has 2 aliphatic heterocycles. The molecule has 1 aromatic carbocycles. The first-order chi connectivity index (χ1) is 11.6. The molecule has 0 aliphatic carbocycles. The minimum atomic E-state index is -0.555. The molecule has 2 heterocycles. The van der Waals surface area contributed by atoms with Crippen molar-refractivity contribution < 1.29 is 24.2 Å². The zero-order chi connectivity index (χ0) is 17.4. The van der Waals surface area contributed by atoms with Gasteiger partial charge in [0.1, 0.15) is 12.6 Å². The highest BCUT2D eigenvalue weighted by Crippen LogP contribution is 2.13. The Balaban J connectivity index is 0.000000647.